The van der Waals surface area contributed by atoms with Gasteiger partial charge < -0.3 is 9.73 Å². The molecule has 3 heterocycles. The summed E-state index contributed by atoms with van der Waals surface area (Å²) in [7, 11) is 0. The van der Waals surface area contributed by atoms with Crippen LogP contribution in [-0.2, 0) is 0 Å². The number of benzene rings is 1. The quantitative estimate of drug-likeness (QED) is 0.621. The third-order valence-corrected chi connectivity index (χ3v) is 3.60. The highest BCUT2D eigenvalue weighted by Crippen LogP contribution is 2.29. The van der Waals surface area contributed by atoms with Gasteiger partial charge >= 0.3 is 0 Å². The molecule has 0 saturated carbocycles. The highest BCUT2D eigenvalue weighted by atomic mass is 19.1. The van der Waals surface area contributed by atoms with E-state index < -0.39 is 11.7 Å². The smallest absolute Gasteiger partial charge is 0.256 e. The molecule has 0 fully saturated rings. The summed E-state index contributed by atoms with van der Waals surface area (Å²) in [5.41, 5.74) is 1.40. The number of rotatable bonds is 3. The summed E-state index contributed by atoms with van der Waals surface area (Å²) in [4.78, 5) is 17.0. The molecule has 0 radical (unpaired) electrons. The van der Waals surface area contributed by atoms with Crippen LogP contribution in [0.4, 0.5) is 10.2 Å². The fourth-order valence-electron chi connectivity index (χ4n) is 2.51. The number of amides is 1. The van der Waals surface area contributed by atoms with Crippen molar-refractivity contribution in [3.05, 3.63) is 78.4 Å². The lowest BCUT2D eigenvalue weighted by molar-refractivity contribution is 0.102. The van der Waals surface area contributed by atoms with Gasteiger partial charge in [0.25, 0.3) is 5.91 Å². The van der Waals surface area contributed by atoms with E-state index in [1.54, 1.807) is 28.8 Å². The van der Waals surface area contributed by atoms with Crippen LogP contribution < -0.4 is 5.32 Å². The second-order valence-corrected chi connectivity index (χ2v) is 5.18. The molecular weight excluding hydrogens is 309 g/mol. The molecular formula is C18H12FN3O2. The van der Waals surface area contributed by atoms with E-state index in [2.05, 4.69) is 10.3 Å². The highest BCUT2D eigenvalue weighted by molar-refractivity contribution is 6.05. The SMILES string of the molecule is O=C(Nc1c(-c2ccco2)nc2ccccn12)c1cccc(F)c1. The van der Waals surface area contributed by atoms with Gasteiger partial charge in [-0.25, -0.2) is 9.37 Å². The topological polar surface area (TPSA) is 59.5 Å². The molecule has 1 N–H and O–H groups in total. The number of nitrogens with zero attached hydrogens (tertiary/aromatic N) is 2. The van der Waals surface area contributed by atoms with Crippen molar-refractivity contribution in [1.82, 2.24) is 9.38 Å². The molecule has 24 heavy (non-hydrogen) atoms. The van der Waals surface area contributed by atoms with E-state index in [4.69, 9.17) is 4.42 Å². The van der Waals surface area contributed by atoms with E-state index in [0.717, 1.165) is 0 Å². The number of carbonyl (C=O) groups excluding carboxylic acids is 1. The molecule has 3 aromatic heterocycles. The number of fused-ring (bicyclic) bond motifs is 1. The van der Waals surface area contributed by atoms with Crippen molar-refractivity contribution in [2.24, 2.45) is 0 Å². The zero-order valence-corrected chi connectivity index (χ0v) is 12.4. The molecule has 0 aliphatic heterocycles. The van der Waals surface area contributed by atoms with Gasteiger partial charge in [-0.1, -0.05) is 12.1 Å². The molecule has 0 aliphatic rings. The van der Waals surface area contributed by atoms with Gasteiger partial charge in [-0.2, -0.15) is 0 Å². The molecule has 0 bridgehead atoms. The molecule has 5 nitrogen and oxygen atoms in total. The summed E-state index contributed by atoms with van der Waals surface area (Å²) < 4.78 is 20.5. The van der Waals surface area contributed by atoms with Gasteiger partial charge in [0, 0.05) is 11.8 Å². The Morgan fingerprint density at radius 2 is 2.04 bits per heavy atom. The van der Waals surface area contributed by atoms with Gasteiger partial charge in [-0.05, 0) is 42.5 Å². The van der Waals surface area contributed by atoms with Crippen LogP contribution in [0.25, 0.3) is 17.1 Å². The second kappa shape index (κ2) is 5.66. The van der Waals surface area contributed by atoms with Gasteiger partial charge in [0.1, 0.15) is 23.0 Å². The minimum absolute atomic E-state index is 0.228. The summed E-state index contributed by atoms with van der Waals surface area (Å²) in [6.07, 6.45) is 3.33. The number of imidazole rings is 1. The summed E-state index contributed by atoms with van der Waals surface area (Å²) in [6, 6.07) is 14.5. The number of carbonyl (C=O) groups is 1. The summed E-state index contributed by atoms with van der Waals surface area (Å²) in [5.74, 6) is 0.114. The zero-order chi connectivity index (χ0) is 16.5. The van der Waals surface area contributed by atoms with Crippen LogP contribution in [0.15, 0.2) is 71.5 Å². The fourth-order valence-corrected chi connectivity index (χ4v) is 2.51. The van der Waals surface area contributed by atoms with Crippen molar-refractivity contribution in [3.63, 3.8) is 0 Å². The number of aromatic nitrogens is 2. The number of anilines is 1. The maximum absolute atomic E-state index is 13.3. The van der Waals surface area contributed by atoms with Gasteiger partial charge in [0.15, 0.2) is 5.76 Å². The van der Waals surface area contributed by atoms with E-state index in [1.807, 2.05) is 18.2 Å². The fraction of sp³-hybridized carbons (Fsp3) is 0. The molecule has 4 aromatic rings. The standard InChI is InChI=1S/C18H12FN3O2/c19-13-6-3-5-12(11-13)18(23)21-17-16(14-7-4-10-24-14)20-15-8-1-2-9-22(15)17/h1-11H,(H,21,23). The molecule has 0 atom stereocenters. The zero-order valence-electron chi connectivity index (χ0n) is 12.4. The van der Waals surface area contributed by atoms with Crippen LogP contribution in [0.2, 0.25) is 0 Å². The Morgan fingerprint density at radius 3 is 2.83 bits per heavy atom. The molecule has 0 saturated heterocycles. The Bertz CT molecular complexity index is 1020. The van der Waals surface area contributed by atoms with Gasteiger partial charge in [0.05, 0.1) is 6.26 Å². The lowest BCUT2D eigenvalue weighted by Crippen LogP contribution is -2.14. The number of nitrogens with one attached hydrogen (secondary N) is 1. The Hall–Kier alpha value is -3.41. The summed E-state index contributed by atoms with van der Waals surface area (Å²) in [6.45, 7) is 0. The first-order valence-electron chi connectivity index (χ1n) is 7.30. The normalized spacial score (nSPS) is 10.9. The lowest BCUT2D eigenvalue weighted by atomic mass is 10.2. The Labute approximate surface area is 136 Å². The lowest BCUT2D eigenvalue weighted by Gasteiger charge is -2.07. The highest BCUT2D eigenvalue weighted by Gasteiger charge is 2.18. The number of hydrogen-bond acceptors (Lipinski definition) is 3. The van der Waals surface area contributed by atoms with Crippen molar-refractivity contribution in [2.45, 2.75) is 0 Å². The second-order valence-electron chi connectivity index (χ2n) is 5.18. The van der Waals surface area contributed by atoms with Crippen molar-refractivity contribution in [2.75, 3.05) is 5.32 Å². The Morgan fingerprint density at radius 1 is 1.12 bits per heavy atom. The van der Waals surface area contributed by atoms with Crippen LogP contribution in [0.3, 0.4) is 0 Å². The average molecular weight is 321 g/mol. The van der Waals surface area contributed by atoms with Gasteiger partial charge in [0.2, 0.25) is 0 Å². The first-order valence-corrected chi connectivity index (χ1v) is 7.30. The monoisotopic (exact) mass is 321 g/mol. The van der Waals surface area contributed by atoms with Crippen LogP contribution in [0.5, 0.6) is 0 Å². The third kappa shape index (κ3) is 2.44. The van der Waals surface area contributed by atoms with Crippen LogP contribution in [0, 0.1) is 5.82 Å². The number of halogens is 1. The van der Waals surface area contributed by atoms with E-state index in [9.17, 15) is 9.18 Å². The molecule has 0 spiro atoms. The molecule has 0 aliphatic carbocycles. The molecule has 4 rings (SSSR count). The van der Waals surface area contributed by atoms with E-state index in [0.29, 0.717) is 22.9 Å². The van der Waals surface area contributed by atoms with Crippen molar-refractivity contribution in [3.8, 4) is 11.5 Å². The summed E-state index contributed by atoms with van der Waals surface area (Å²) >= 11 is 0. The first-order chi connectivity index (χ1) is 11.7. The predicted molar refractivity (Wildman–Crippen MR) is 87.2 cm³/mol. The third-order valence-electron chi connectivity index (χ3n) is 3.60. The predicted octanol–water partition coefficient (Wildman–Crippen LogP) is 3.99. The maximum atomic E-state index is 13.3. The van der Waals surface area contributed by atoms with Crippen molar-refractivity contribution in [1.29, 1.82) is 0 Å². The van der Waals surface area contributed by atoms with Crippen LogP contribution in [0.1, 0.15) is 10.4 Å². The van der Waals surface area contributed by atoms with Gasteiger partial charge in [-0.3, -0.25) is 9.20 Å². The van der Waals surface area contributed by atoms with Gasteiger partial charge in [-0.15, -0.1) is 0 Å². The summed E-state index contributed by atoms with van der Waals surface area (Å²) in [5, 5.41) is 2.80. The minimum Gasteiger partial charge on any atom is -0.463 e. The number of pyridine rings is 1. The average Bonchev–Trinajstić information content (AvgIpc) is 3.23. The molecule has 6 heteroatoms. The largest absolute Gasteiger partial charge is 0.463 e. The molecule has 0 unspecified atom stereocenters. The number of furan rings is 1. The van der Waals surface area contributed by atoms with E-state index in [-0.39, 0.29) is 5.56 Å². The van der Waals surface area contributed by atoms with Crippen molar-refractivity contribution < 1.29 is 13.6 Å². The van der Waals surface area contributed by atoms with Crippen LogP contribution >= 0.6 is 0 Å². The minimum atomic E-state index is -0.466. The van der Waals surface area contributed by atoms with E-state index >= 15 is 0 Å². The van der Waals surface area contributed by atoms with E-state index in [1.165, 1.54) is 24.5 Å². The Kier molecular flexibility index (Phi) is 3.35. The molecule has 118 valence electrons. The number of hydrogen-bond donors (Lipinski definition) is 1. The Balaban J connectivity index is 1.80. The van der Waals surface area contributed by atoms with Crippen molar-refractivity contribution >= 4 is 17.4 Å². The van der Waals surface area contributed by atoms with Crippen LogP contribution in [-0.4, -0.2) is 15.3 Å². The molecule has 1 aromatic carbocycles. The first kappa shape index (κ1) is 14.2. The maximum Gasteiger partial charge on any atom is 0.256 e. The molecule has 1 amide bonds.